The molecule has 0 aromatic rings. The second-order valence-corrected chi connectivity index (χ2v) is 4.63. The second-order valence-electron chi connectivity index (χ2n) is 4.63. The summed E-state index contributed by atoms with van der Waals surface area (Å²) in [5.74, 6) is 0.902. The van der Waals surface area contributed by atoms with E-state index in [0.717, 1.165) is 12.8 Å². The third-order valence-corrected chi connectivity index (χ3v) is 3.26. The van der Waals surface area contributed by atoms with E-state index in [4.69, 9.17) is 0 Å². The highest BCUT2D eigenvalue weighted by molar-refractivity contribution is 5.87. The van der Waals surface area contributed by atoms with Crippen LogP contribution in [0.5, 0.6) is 0 Å². The molecule has 0 unspecified atom stereocenters. The molecule has 0 bridgehead atoms. The van der Waals surface area contributed by atoms with Gasteiger partial charge in [-0.25, -0.2) is 0 Å². The Morgan fingerprint density at radius 3 is 2.47 bits per heavy atom. The Labute approximate surface area is 90.9 Å². The highest BCUT2D eigenvalue weighted by Crippen LogP contribution is 2.45. The number of amides is 1. The lowest BCUT2D eigenvalue weighted by Crippen LogP contribution is -2.59. The number of nitrogens with one attached hydrogen (secondary N) is 1. The molecule has 1 aliphatic carbocycles. The average molecular weight is 209 g/mol. The van der Waals surface area contributed by atoms with E-state index in [9.17, 15) is 9.90 Å². The number of carbonyl (C=O) groups is 1. The van der Waals surface area contributed by atoms with Crippen molar-refractivity contribution in [2.75, 3.05) is 0 Å². The number of carbonyl (C=O) groups excluding carboxylic acids is 1. The molecule has 0 saturated heterocycles. The molecule has 3 heteroatoms. The van der Waals surface area contributed by atoms with Gasteiger partial charge in [-0.1, -0.05) is 27.0 Å². The minimum Gasteiger partial charge on any atom is -0.510 e. The molecule has 3 nitrogen and oxygen atoms in total. The van der Waals surface area contributed by atoms with E-state index in [1.54, 1.807) is 0 Å². The summed E-state index contributed by atoms with van der Waals surface area (Å²) in [5.41, 5.74) is -0.611. The summed E-state index contributed by atoms with van der Waals surface area (Å²) < 4.78 is 0. The van der Waals surface area contributed by atoms with Gasteiger partial charge in [-0.15, -0.1) is 0 Å². The summed E-state index contributed by atoms with van der Waals surface area (Å²) in [7, 11) is 0. The fourth-order valence-corrected chi connectivity index (χ4v) is 2.00. The molecular weight excluding hydrogens is 190 g/mol. The molecule has 0 aromatic carbocycles. The summed E-state index contributed by atoms with van der Waals surface area (Å²) in [6.07, 6.45) is 2.74. The molecule has 15 heavy (non-hydrogen) atoms. The van der Waals surface area contributed by atoms with Crippen LogP contribution in [0.3, 0.4) is 0 Å². The van der Waals surface area contributed by atoms with Gasteiger partial charge in [-0.2, -0.15) is 0 Å². The van der Waals surface area contributed by atoms with Crippen LogP contribution in [0.25, 0.3) is 0 Å². The van der Waals surface area contributed by atoms with Crippen LogP contribution in [0.2, 0.25) is 0 Å². The molecular formula is C12H19NO2. The Kier molecular flexibility index (Phi) is 3.22. The molecule has 0 radical (unpaired) electrons. The van der Waals surface area contributed by atoms with Gasteiger partial charge in [0.2, 0.25) is 5.91 Å². The Balaban J connectivity index is 2.65. The number of aliphatic hydroxyl groups is 1. The number of hydrogen-bond donors (Lipinski definition) is 2. The first kappa shape index (κ1) is 11.8. The van der Waals surface area contributed by atoms with Crippen LogP contribution in [-0.4, -0.2) is 16.6 Å². The molecule has 2 N–H and O–H groups in total. The maximum absolute atomic E-state index is 11.2. The van der Waals surface area contributed by atoms with E-state index in [2.05, 4.69) is 32.3 Å². The van der Waals surface area contributed by atoms with Gasteiger partial charge in [0.25, 0.3) is 0 Å². The topological polar surface area (TPSA) is 49.3 Å². The van der Waals surface area contributed by atoms with E-state index in [1.807, 2.05) is 0 Å². The largest absolute Gasteiger partial charge is 0.510 e. The maximum atomic E-state index is 11.2. The Hall–Kier alpha value is -1.25. The van der Waals surface area contributed by atoms with E-state index in [-0.39, 0.29) is 11.7 Å². The summed E-state index contributed by atoms with van der Waals surface area (Å²) in [6.45, 7) is 11.2. The summed E-state index contributed by atoms with van der Waals surface area (Å²) in [5, 5.41) is 12.3. The van der Waals surface area contributed by atoms with Crippen LogP contribution in [-0.2, 0) is 4.79 Å². The van der Waals surface area contributed by atoms with Gasteiger partial charge in [0.1, 0.15) is 5.76 Å². The second kappa shape index (κ2) is 4.09. The Bertz CT molecular complexity index is 288. The predicted octanol–water partition coefficient (Wildman–Crippen LogP) is 2.17. The summed E-state index contributed by atoms with van der Waals surface area (Å²) in [6, 6.07) is 0. The van der Waals surface area contributed by atoms with E-state index >= 15 is 0 Å². The van der Waals surface area contributed by atoms with Crippen molar-refractivity contribution in [3.05, 3.63) is 25.0 Å². The van der Waals surface area contributed by atoms with Crippen molar-refractivity contribution >= 4 is 5.91 Å². The smallest absolute Gasteiger partial charge is 0.244 e. The van der Waals surface area contributed by atoms with Crippen molar-refractivity contribution in [1.29, 1.82) is 0 Å². The molecule has 0 spiro atoms. The monoisotopic (exact) mass is 209 g/mol. The zero-order chi connectivity index (χ0) is 11.6. The number of hydrogen-bond acceptors (Lipinski definition) is 2. The molecule has 84 valence electrons. The van der Waals surface area contributed by atoms with Crippen LogP contribution in [0, 0.1) is 11.8 Å². The molecule has 0 atom stereocenters. The molecule has 0 aromatic heterocycles. The molecule has 1 amide bonds. The molecule has 1 aliphatic rings. The quantitative estimate of drug-likeness (QED) is 0.550. The first-order valence-electron chi connectivity index (χ1n) is 5.24. The minimum absolute atomic E-state index is 0.0506. The van der Waals surface area contributed by atoms with Crippen molar-refractivity contribution < 1.29 is 9.90 Å². The van der Waals surface area contributed by atoms with Gasteiger partial charge < -0.3 is 10.4 Å². The van der Waals surface area contributed by atoms with Gasteiger partial charge in [-0.3, -0.25) is 4.79 Å². The van der Waals surface area contributed by atoms with Gasteiger partial charge in [-0.05, 0) is 30.8 Å². The maximum Gasteiger partial charge on any atom is 0.244 e. The van der Waals surface area contributed by atoms with Crippen molar-refractivity contribution in [2.45, 2.75) is 32.2 Å². The average Bonchev–Trinajstić information content (AvgIpc) is 2.08. The predicted molar refractivity (Wildman–Crippen MR) is 60.4 cm³/mol. The zero-order valence-corrected chi connectivity index (χ0v) is 9.42. The third-order valence-electron chi connectivity index (χ3n) is 3.26. The van der Waals surface area contributed by atoms with Crippen LogP contribution in [0.1, 0.15) is 26.7 Å². The van der Waals surface area contributed by atoms with E-state index in [1.165, 1.54) is 6.08 Å². The Morgan fingerprint density at radius 2 is 2.13 bits per heavy atom. The van der Waals surface area contributed by atoms with Crippen LogP contribution >= 0.6 is 0 Å². The fraction of sp³-hybridized carbons (Fsp3) is 0.583. The standard InChI is InChI=1S/C12H19NO2/c1-5-11(15)13-12(9(4)14)6-10(7-12)8(2)3/h5,8,10,14H,1,4,6-7H2,2-3H3,(H,13,15). The van der Waals surface area contributed by atoms with Gasteiger partial charge in [0.05, 0.1) is 5.54 Å². The number of rotatable bonds is 4. The molecule has 0 aliphatic heterocycles. The van der Waals surface area contributed by atoms with Gasteiger partial charge in [0.15, 0.2) is 0 Å². The zero-order valence-electron chi connectivity index (χ0n) is 9.42. The molecule has 1 saturated carbocycles. The van der Waals surface area contributed by atoms with Crippen LogP contribution in [0.15, 0.2) is 25.0 Å². The van der Waals surface area contributed by atoms with E-state index < -0.39 is 5.54 Å². The molecule has 1 fully saturated rings. The molecule has 1 rings (SSSR count). The first-order chi connectivity index (χ1) is 6.91. The summed E-state index contributed by atoms with van der Waals surface area (Å²) >= 11 is 0. The lowest BCUT2D eigenvalue weighted by Gasteiger charge is -2.49. The van der Waals surface area contributed by atoms with Crippen molar-refractivity contribution in [3.63, 3.8) is 0 Å². The fourth-order valence-electron chi connectivity index (χ4n) is 2.00. The highest BCUT2D eigenvalue weighted by atomic mass is 16.3. The lowest BCUT2D eigenvalue weighted by molar-refractivity contribution is -0.120. The third kappa shape index (κ3) is 2.22. The SMILES string of the molecule is C=CC(=O)NC1(C(=C)O)CC(C(C)C)C1. The van der Waals surface area contributed by atoms with Crippen LogP contribution in [0.4, 0.5) is 0 Å². The molecule has 0 heterocycles. The lowest BCUT2D eigenvalue weighted by atomic mass is 9.63. The minimum atomic E-state index is -0.611. The normalized spacial score (nSPS) is 29.4. The van der Waals surface area contributed by atoms with Gasteiger partial charge in [0, 0.05) is 0 Å². The van der Waals surface area contributed by atoms with Crippen LogP contribution < -0.4 is 5.32 Å². The van der Waals surface area contributed by atoms with Crippen molar-refractivity contribution in [3.8, 4) is 0 Å². The van der Waals surface area contributed by atoms with Gasteiger partial charge >= 0.3 is 0 Å². The Morgan fingerprint density at radius 1 is 1.60 bits per heavy atom. The van der Waals surface area contributed by atoms with E-state index in [0.29, 0.717) is 11.8 Å². The van der Waals surface area contributed by atoms with Crippen molar-refractivity contribution in [1.82, 2.24) is 5.32 Å². The van der Waals surface area contributed by atoms with Crippen molar-refractivity contribution in [2.24, 2.45) is 11.8 Å². The highest BCUT2D eigenvalue weighted by Gasteiger charge is 2.48. The first-order valence-corrected chi connectivity index (χ1v) is 5.24. The number of aliphatic hydroxyl groups excluding tert-OH is 1. The summed E-state index contributed by atoms with van der Waals surface area (Å²) in [4.78, 5) is 11.2.